The highest BCUT2D eigenvalue weighted by Gasteiger charge is 2.26. The molecule has 1 aliphatic heterocycles. The fraction of sp³-hybridized carbons (Fsp3) is 0.400. The SMILES string of the molecule is CCOC(=O)C1CCN(CCN(c2cc(OC)cc(OC)c2)c2ccc3ncc(-c4cnn(C)c4)nc3c2)CC1. The van der Waals surface area contributed by atoms with Gasteiger partial charge in [-0.1, -0.05) is 0 Å². The zero-order valence-electron chi connectivity index (χ0n) is 23.5. The number of anilines is 2. The van der Waals surface area contributed by atoms with Gasteiger partial charge in [0.2, 0.25) is 0 Å². The average Bonchev–Trinajstić information content (AvgIpc) is 3.43. The quantitative estimate of drug-likeness (QED) is 0.268. The Morgan fingerprint density at radius 1 is 1.00 bits per heavy atom. The number of fused-ring (bicyclic) bond motifs is 1. The third-order valence-electron chi connectivity index (χ3n) is 7.33. The van der Waals surface area contributed by atoms with Crippen molar-refractivity contribution < 1.29 is 19.0 Å². The second kappa shape index (κ2) is 12.3. The molecule has 0 unspecified atom stereocenters. The molecule has 5 rings (SSSR count). The van der Waals surface area contributed by atoms with Gasteiger partial charge in [0.1, 0.15) is 11.5 Å². The van der Waals surface area contributed by atoms with Crippen molar-refractivity contribution in [3.63, 3.8) is 0 Å². The molecule has 10 heteroatoms. The molecule has 210 valence electrons. The van der Waals surface area contributed by atoms with Crippen LogP contribution in [0.4, 0.5) is 11.4 Å². The molecule has 0 amide bonds. The smallest absolute Gasteiger partial charge is 0.309 e. The van der Waals surface area contributed by atoms with Crippen LogP contribution >= 0.6 is 0 Å². The van der Waals surface area contributed by atoms with Crippen LogP contribution in [0.1, 0.15) is 19.8 Å². The van der Waals surface area contributed by atoms with Crippen LogP contribution < -0.4 is 14.4 Å². The Morgan fingerprint density at radius 3 is 2.40 bits per heavy atom. The Kier molecular flexibility index (Phi) is 8.45. The summed E-state index contributed by atoms with van der Waals surface area (Å²) >= 11 is 0. The fourth-order valence-electron chi connectivity index (χ4n) is 5.11. The summed E-state index contributed by atoms with van der Waals surface area (Å²) in [6.07, 6.45) is 7.13. The summed E-state index contributed by atoms with van der Waals surface area (Å²) in [5.41, 5.74) is 5.25. The Morgan fingerprint density at radius 2 is 1.75 bits per heavy atom. The molecule has 0 saturated carbocycles. The van der Waals surface area contributed by atoms with E-state index in [1.165, 1.54) is 0 Å². The van der Waals surface area contributed by atoms with Crippen molar-refractivity contribution in [1.82, 2.24) is 24.6 Å². The van der Waals surface area contributed by atoms with E-state index in [-0.39, 0.29) is 11.9 Å². The molecule has 4 aromatic rings. The van der Waals surface area contributed by atoms with E-state index in [4.69, 9.17) is 19.2 Å². The van der Waals surface area contributed by atoms with Crippen molar-refractivity contribution in [1.29, 1.82) is 0 Å². The van der Waals surface area contributed by atoms with Crippen LogP contribution in [-0.4, -0.2) is 77.6 Å². The van der Waals surface area contributed by atoms with Crippen LogP contribution in [0.15, 0.2) is 55.0 Å². The van der Waals surface area contributed by atoms with Crippen molar-refractivity contribution in [2.75, 3.05) is 51.9 Å². The number of rotatable bonds is 10. The highest BCUT2D eigenvalue weighted by atomic mass is 16.5. The number of hydrogen-bond acceptors (Lipinski definition) is 9. The van der Waals surface area contributed by atoms with Gasteiger partial charge in [0.15, 0.2) is 0 Å². The Labute approximate surface area is 234 Å². The zero-order chi connectivity index (χ0) is 28.1. The number of aryl methyl sites for hydroxylation is 1. The van der Waals surface area contributed by atoms with Gasteiger partial charge in [-0.25, -0.2) is 4.98 Å². The standard InChI is InChI=1S/C30H36N6O4/c1-5-40-30(37)21-8-10-35(11-9-21)12-13-36(24-14-25(38-3)17-26(15-24)39-4)23-6-7-27-28(16-23)33-29(19-31-27)22-18-32-34(2)20-22/h6-7,14-21H,5,8-13H2,1-4H3. The molecular formula is C30H36N6O4. The van der Waals surface area contributed by atoms with Gasteiger partial charge < -0.3 is 24.0 Å². The van der Waals surface area contributed by atoms with Crippen molar-refractivity contribution in [3.05, 3.63) is 55.0 Å². The number of methoxy groups -OCH3 is 2. The minimum Gasteiger partial charge on any atom is -0.497 e. The number of carbonyl (C=O) groups excluding carboxylic acids is 1. The maximum absolute atomic E-state index is 12.2. The summed E-state index contributed by atoms with van der Waals surface area (Å²) in [4.78, 5) is 26.4. The van der Waals surface area contributed by atoms with Gasteiger partial charge in [-0.2, -0.15) is 5.10 Å². The summed E-state index contributed by atoms with van der Waals surface area (Å²) in [5, 5.41) is 4.27. The van der Waals surface area contributed by atoms with Crippen LogP contribution in [0.2, 0.25) is 0 Å². The van der Waals surface area contributed by atoms with Crippen LogP contribution in [-0.2, 0) is 16.6 Å². The van der Waals surface area contributed by atoms with E-state index < -0.39 is 0 Å². The molecule has 2 aromatic carbocycles. The Balaban J connectivity index is 1.43. The van der Waals surface area contributed by atoms with Gasteiger partial charge in [0.25, 0.3) is 0 Å². The molecule has 1 fully saturated rings. The van der Waals surface area contributed by atoms with E-state index in [9.17, 15) is 4.79 Å². The molecule has 0 N–H and O–H groups in total. The molecule has 0 aliphatic carbocycles. The number of carbonyl (C=O) groups is 1. The molecule has 10 nitrogen and oxygen atoms in total. The molecule has 0 bridgehead atoms. The average molecular weight is 545 g/mol. The lowest BCUT2D eigenvalue weighted by atomic mass is 9.97. The van der Waals surface area contributed by atoms with Gasteiger partial charge in [-0.3, -0.25) is 14.5 Å². The maximum atomic E-state index is 12.2. The summed E-state index contributed by atoms with van der Waals surface area (Å²) in [7, 11) is 5.19. The van der Waals surface area contributed by atoms with Crippen LogP contribution in [0.3, 0.4) is 0 Å². The fourth-order valence-corrected chi connectivity index (χ4v) is 5.11. The van der Waals surface area contributed by atoms with Crippen LogP contribution in [0.25, 0.3) is 22.3 Å². The lowest BCUT2D eigenvalue weighted by molar-refractivity contribution is -0.149. The molecule has 3 heterocycles. The number of hydrogen-bond donors (Lipinski definition) is 0. The lowest BCUT2D eigenvalue weighted by Gasteiger charge is -2.33. The second-order valence-corrected chi connectivity index (χ2v) is 9.92. The van der Waals surface area contributed by atoms with E-state index in [2.05, 4.69) is 32.0 Å². The number of nitrogens with zero attached hydrogens (tertiary/aromatic N) is 6. The molecule has 1 saturated heterocycles. The van der Waals surface area contributed by atoms with Crippen LogP contribution in [0, 0.1) is 5.92 Å². The van der Waals surface area contributed by atoms with Gasteiger partial charge >= 0.3 is 5.97 Å². The van der Waals surface area contributed by atoms with Crippen molar-refractivity contribution in [2.45, 2.75) is 19.8 Å². The molecule has 0 spiro atoms. The Hall–Kier alpha value is -4.18. The van der Waals surface area contributed by atoms with E-state index in [1.54, 1.807) is 31.3 Å². The van der Waals surface area contributed by atoms with Gasteiger partial charge in [0, 0.05) is 61.5 Å². The largest absolute Gasteiger partial charge is 0.497 e. The minimum absolute atomic E-state index is 0.0111. The number of likely N-dealkylation sites (tertiary alicyclic amines) is 1. The minimum atomic E-state index is -0.0739. The topological polar surface area (TPSA) is 94.8 Å². The predicted octanol–water partition coefficient (Wildman–Crippen LogP) is 4.46. The maximum Gasteiger partial charge on any atom is 0.309 e. The van der Waals surface area contributed by atoms with Gasteiger partial charge in [-0.15, -0.1) is 0 Å². The number of esters is 1. The van der Waals surface area contributed by atoms with E-state index >= 15 is 0 Å². The van der Waals surface area contributed by atoms with E-state index in [0.29, 0.717) is 18.1 Å². The molecular weight excluding hydrogens is 508 g/mol. The van der Waals surface area contributed by atoms with E-state index in [1.807, 2.05) is 44.4 Å². The first kappa shape index (κ1) is 27.4. The highest BCUT2D eigenvalue weighted by Crippen LogP contribution is 2.34. The van der Waals surface area contributed by atoms with Crippen LogP contribution in [0.5, 0.6) is 11.5 Å². The van der Waals surface area contributed by atoms with E-state index in [0.717, 1.165) is 72.7 Å². The lowest BCUT2D eigenvalue weighted by Crippen LogP contribution is -2.40. The summed E-state index contributed by atoms with van der Waals surface area (Å²) < 4.78 is 18.2. The normalized spacial score (nSPS) is 14.3. The number of aromatic nitrogens is 4. The van der Waals surface area contributed by atoms with Gasteiger partial charge in [0.05, 0.1) is 55.9 Å². The summed E-state index contributed by atoms with van der Waals surface area (Å²) in [5.74, 6) is 1.35. The molecule has 1 aliphatic rings. The molecule has 40 heavy (non-hydrogen) atoms. The summed E-state index contributed by atoms with van der Waals surface area (Å²) in [6, 6.07) is 12.0. The third kappa shape index (κ3) is 6.17. The summed E-state index contributed by atoms with van der Waals surface area (Å²) in [6.45, 7) is 5.55. The predicted molar refractivity (Wildman–Crippen MR) is 154 cm³/mol. The first-order valence-corrected chi connectivity index (χ1v) is 13.6. The zero-order valence-corrected chi connectivity index (χ0v) is 23.5. The number of benzene rings is 2. The molecule has 0 radical (unpaired) electrons. The molecule has 0 atom stereocenters. The monoisotopic (exact) mass is 544 g/mol. The number of ether oxygens (including phenoxy) is 3. The second-order valence-electron chi connectivity index (χ2n) is 9.92. The molecule has 2 aromatic heterocycles. The van der Waals surface area contributed by atoms with Gasteiger partial charge in [-0.05, 0) is 51.1 Å². The van der Waals surface area contributed by atoms with Crippen molar-refractivity contribution in [2.24, 2.45) is 13.0 Å². The third-order valence-corrected chi connectivity index (χ3v) is 7.33. The first-order chi connectivity index (χ1) is 19.5. The highest BCUT2D eigenvalue weighted by molar-refractivity contribution is 5.82. The number of piperidine rings is 1. The first-order valence-electron chi connectivity index (χ1n) is 13.6. The van der Waals surface area contributed by atoms with Crippen molar-refractivity contribution >= 4 is 28.4 Å². The van der Waals surface area contributed by atoms with Crippen molar-refractivity contribution in [3.8, 4) is 22.8 Å². The Bertz CT molecular complexity index is 1440.